The highest BCUT2D eigenvalue weighted by molar-refractivity contribution is 5.84. The molecule has 8 heteroatoms. The van der Waals surface area contributed by atoms with Crippen LogP contribution >= 0.6 is 0 Å². The molecule has 0 aliphatic heterocycles. The Morgan fingerprint density at radius 2 is 2.00 bits per heavy atom. The van der Waals surface area contributed by atoms with E-state index < -0.39 is 12.8 Å². The molecule has 3 atom stereocenters. The van der Waals surface area contributed by atoms with Crippen LogP contribution in [0.25, 0.3) is 10.9 Å². The fourth-order valence-corrected chi connectivity index (χ4v) is 3.44. The largest absolute Gasteiger partial charge is 0.483 e. The average Bonchev–Trinajstić information content (AvgIpc) is 3.53. The number of nitrogens with one attached hydrogen (secondary N) is 1. The summed E-state index contributed by atoms with van der Waals surface area (Å²) in [7, 11) is 0. The molecule has 1 aliphatic rings. The quantitative estimate of drug-likeness (QED) is 0.642. The smallest absolute Gasteiger partial charge is 0.422 e. The van der Waals surface area contributed by atoms with Crippen molar-refractivity contribution in [2.45, 2.75) is 31.5 Å². The second-order valence-electron chi connectivity index (χ2n) is 7.46. The Bertz CT molecular complexity index is 1050. The van der Waals surface area contributed by atoms with E-state index in [1.807, 2.05) is 30.5 Å². The number of hydrogen-bond acceptors (Lipinski definition) is 4. The van der Waals surface area contributed by atoms with Crippen molar-refractivity contribution < 1.29 is 22.7 Å². The number of benzene rings is 1. The normalized spacial score (nSPS) is 19.3. The van der Waals surface area contributed by atoms with Crippen molar-refractivity contribution in [3.63, 3.8) is 0 Å². The molecule has 1 fully saturated rings. The predicted molar refractivity (Wildman–Crippen MR) is 105 cm³/mol. The SMILES string of the molecule is CC(NC(=O)[C@@H]1C[C@H]1c1cnc2ccccc2c1)c1ccc(OCC(F)(F)F)cn1. The predicted octanol–water partition coefficient (Wildman–Crippen LogP) is 4.55. The fourth-order valence-electron chi connectivity index (χ4n) is 3.44. The number of carbonyl (C=O) groups is 1. The molecule has 0 spiro atoms. The van der Waals surface area contributed by atoms with Gasteiger partial charge in [0, 0.05) is 17.5 Å². The van der Waals surface area contributed by atoms with Gasteiger partial charge in [-0.2, -0.15) is 13.2 Å². The Morgan fingerprint density at radius 3 is 2.73 bits per heavy atom. The van der Waals surface area contributed by atoms with Crippen LogP contribution in [-0.2, 0) is 4.79 Å². The Morgan fingerprint density at radius 1 is 1.20 bits per heavy atom. The van der Waals surface area contributed by atoms with Crippen LogP contribution in [0.15, 0.2) is 54.9 Å². The summed E-state index contributed by atoms with van der Waals surface area (Å²) in [6, 6.07) is 12.5. The number of halogens is 3. The highest BCUT2D eigenvalue weighted by Crippen LogP contribution is 2.48. The number of ether oxygens (including phenoxy) is 1. The number of pyridine rings is 2. The monoisotopic (exact) mass is 415 g/mol. The summed E-state index contributed by atoms with van der Waals surface area (Å²) in [6.07, 6.45) is -0.590. The fraction of sp³-hybridized carbons (Fsp3) is 0.318. The number of carbonyl (C=O) groups excluding carboxylic acids is 1. The van der Waals surface area contributed by atoms with E-state index in [1.165, 1.54) is 12.3 Å². The number of hydrogen-bond donors (Lipinski definition) is 1. The van der Waals surface area contributed by atoms with Crippen LogP contribution in [0.1, 0.15) is 36.6 Å². The Kier molecular flexibility index (Phi) is 5.32. The van der Waals surface area contributed by atoms with Gasteiger partial charge in [0.25, 0.3) is 0 Å². The summed E-state index contributed by atoms with van der Waals surface area (Å²) in [4.78, 5) is 21.2. The van der Waals surface area contributed by atoms with Gasteiger partial charge in [-0.3, -0.25) is 14.8 Å². The van der Waals surface area contributed by atoms with E-state index in [1.54, 1.807) is 13.0 Å². The first-order valence-corrected chi connectivity index (χ1v) is 9.61. The van der Waals surface area contributed by atoms with Crippen LogP contribution in [0.4, 0.5) is 13.2 Å². The lowest BCUT2D eigenvalue weighted by molar-refractivity contribution is -0.153. The van der Waals surface area contributed by atoms with Crippen molar-refractivity contribution in [2.75, 3.05) is 6.61 Å². The highest BCUT2D eigenvalue weighted by Gasteiger charge is 2.44. The number of rotatable bonds is 6. The van der Waals surface area contributed by atoms with E-state index in [0.29, 0.717) is 5.69 Å². The minimum absolute atomic E-state index is 0.0284. The molecule has 3 aromatic rings. The van der Waals surface area contributed by atoms with Crippen molar-refractivity contribution in [1.82, 2.24) is 15.3 Å². The van der Waals surface area contributed by atoms with Gasteiger partial charge in [0.2, 0.25) is 5.91 Å². The number of aromatic nitrogens is 2. The minimum Gasteiger partial charge on any atom is -0.483 e. The number of nitrogens with zero attached hydrogens (tertiary/aromatic N) is 2. The molecule has 30 heavy (non-hydrogen) atoms. The molecule has 2 aromatic heterocycles. The van der Waals surface area contributed by atoms with Crippen LogP contribution in [0, 0.1) is 5.92 Å². The maximum atomic E-state index is 12.6. The maximum Gasteiger partial charge on any atom is 0.422 e. The van der Waals surface area contributed by atoms with E-state index in [4.69, 9.17) is 0 Å². The van der Waals surface area contributed by atoms with Crippen LogP contribution in [0.5, 0.6) is 5.75 Å². The van der Waals surface area contributed by atoms with Gasteiger partial charge in [0.1, 0.15) is 5.75 Å². The summed E-state index contributed by atoms with van der Waals surface area (Å²) < 4.78 is 41.3. The van der Waals surface area contributed by atoms with Crippen molar-refractivity contribution in [2.24, 2.45) is 5.92 Å². The van der Waals surface area contributed by atoms with Crippen molar-refractivity contribution >= 4 is 16.8 Å². The summed E-state index contributed by atoms with van der Waals surface area (Å²) in [5.74, 6) is -0.0225. The molecule has 1 aliphatic carbocycles. The number of para-hydroxylation sites is 1. The van der Waals surface area contributed by atoms with Gasteiger partial charge in [-0.25, -0.2) is 0 Å². The first kappa shape index (κ1) is 20.1. The zero-order valence-electron chi connectivity index (χ0n) is 16.2. The second kappa shape index (κ2) is 7.93. The average molecular weight is 415 g/mol. The van der Waals surface area contributed by atoms with E-state index in [9.17, 15) is 18.0 Å². The number of alkyl halides is 3. The van der Waals surface area contributed by atoms with Gasteiger partial charge in [-0.1, -0.05) is 18.2 Å². The Hall–Kier alpha value is -3.16. The molecular formula is C22H20F3N3O2. The van der Waals surface area contributed by atoms with Gasteiger partial charge in [0.15, 0.2) is 6.61 Å². The molecule has 2 heterocycles. The van der Waals surface area contributed by atoms with Crippen LogP contribution in [-0.4, -0.2) is 28.7 Å². The maximum absolute atomic E-state index is 12.6. The molecule has 1 unspecified atom stereocenters. The van der Waals surface area contributed by atoms with Crippen LogP contribution in [0.3, 0.4) is 0 Å². The van der Waals surface area contributed by atoms with Crippen molar-refractivity contribution in [3.8, 4) is 5.75 Å². The minimum atomic E-state index is -4.40. The molecule has 0 bridgehead atoms. The number of amides is 1. The summed E-state index contributed by atoms with van der Waals surface area (Å²) in [6.45, 7) is 0.415. The molecule has 0 saturated heterocycles. The molecule has 1 saturated carbocycles. The molecule has 1 aromatic carbocycles. The van der Waals surface area contributed by atoms with E-state index in [0.717, 1.165) is 22.9 Å². The van der Waals surface area contributed by atoms with Gasteiger partial charge in [-0.15, -0.1) is 0 Å². The third kappa shape index (κ3) is 4.69. The molecule has 0 radical (unpaired) electrons. The Balaban J connectivity index is 1.33. The van der Waals surface area contributed by atoms with Gasteiger partial charge >= 0.3 is 6.18 Å². The standard InChI is InChI=1S/C22H20F3N3O2/c1-13(19-7-6-16(11-27-19)30-12-22(23,24)25)28-21(29)18-9-17(18)15-8-14-4-2-3-5-20(14)26-10-15/h2-8,10-11,13,17-18H,9,12H2,1H3,(H,28,29)/t13?,17-,18+/m0/s1. The van der Waals surface area contributed by atoms with E-state index in [-0.39, 0.29) is 29.5 Å². The van der Waals surface area contributed by atoms with Crippen molar-refractivity contribution in [1.29, 1.82) is 0 Å². The molecule has 4 rings (SSSR count). The summed E-state index contributed by atoms with van der Waals surface area (Å²) >= 11 is 0. The second-order valence-corrected chi connectivity index (χ2v) is 7.46. The third-order valence-electron chi connectivity index (χ3n) is 5.13. The molecule has 5 nitrogen and oxygen atoms in total. The lowest BCUT2D eigenvalue weighted by Gasteiger charge is -2.14. The third-order valence-corrected chi connectivity index (χ3v) is 5.13. The molecular weight excluding hydrogens is 395 g/mol. The van der Waals surface area contributed by atoms with E-state index in [2.05, 4.69) is 26.1 Å². The summed E-state index contributed by atoms with van der Waals surface area (Å²) in [5.41, 5.74) is 2.52. The topological polar surface area (TPSA) is 64.1 Å². The highest BCUT2D eigenvalue weighted by atomic mass is 19.4. The molecule has 1 N–H and O–H groups in total. The first-order chi connectivity index (χ1) is 14.3. The molecule has 1 amide bonds. The van der Waals surface area contributed by atoms with Gasteiger partial charge in [-0.05, 0) is 49.1 Å². The lowest BCUT2D eigenvalue weighted by Crippen LogP contribution is -2.29. The first-order valence-electron chi connectivity index (χ1n) is 9.61. The van der Waals surface area contributed by atoms with Crippen LogP contribution in [0.2, 0.25) is 0 Å². The number of fused-ring (bicyclic) bond motifs is 1. The lowest BCUT2D eigenvalue weighted by atomic mass is 10.1. The van der Waals surface area contributed by atoms with Gasteiger partial charge in [0.05, 0.1) is 23.4 Å². The molecule has 156 valence electrons. The van der Waals surface area contributed by atoms with Gasteiger partial charge < -0.3 is 10.1 Å². The van der Waals surface area contributed by atoms with Crippen molar-refractivity contribution in [3.05, 3.63) is 66.1 Å². The van der Waals surface area contributed by atoms with Crippen LogP contribution < -0.4 is 10.1 Å². The zero-order chi connectivity index (χ0) is 21.3. The summed E-state index contributed by atoms with van der Waals surface area (Å²) in [5, 5.41) is 3.98. The van der Waals surface area contributed by atoms with E-state index >= 15 is 0 Å². The Labute approximate surface area is 171 Å². The zero-order valence-corrected chi connectivity index (χ0v) is 16.2.